The van der Waals surface area contributed by atoms with E-state index in [4.69, 9.17) is 9.84 Å². The molecule has 0 radical (unpaired) electrons. The second-order valence-corrected chi connectivity index (χ2v) is 6.95. The number of nitrogens with one attached hydrogen (secondary N) is 1. The summed E-state index contributed by atoms with van der Waals surface area (Å²) in [6, 6.07) is 15.6. The molecule has 140 valence electrons. The van der Waals surface area contributed by atoms with Crippen molar-refractivity contribution >= 4 is 5.91 Å². The van der Waals surface area contributed by atoms with E-state index in [1.54, 1.807) is 11.8 Å². The molecule has 27 heavy (non-hydrogen) atoms. The third-order valence-corrected chi connectivity index (χ3v) is 4.48. The Morgan fingerprint density at radius 2 is 1.74 bits per heavy atom. The van der Waals surface area contributed by atoms with Gasteiger partial charge in [-0.2, -0.15) is 5.10 Å². The van der Waals surface area contributed by atoms with Crippen LogP contribution in [0.4, 0.5) is 0 Å². The molecule has 0 spiro atoms. The van der Waals surface area contributed by atoms with Crippen LogP contribution in [0.2, 0.25) is 0 Å². The number of aromatic nitrogens is 2. The van der Waals surface area contributed by atoms with E-state index in [0.29, 0.717) is 5.69 Å². The third-order valence-electron chi connectivity index (χ3n) is 4.48. The molecule has 0 aliphatic carbocycles. The van der Waals surface area contributed by atoms with Crippen molar-refractivity contribution in [2.75, 3.05) is 7.11 Å². The second-order valence-electron chi connectivity index (χ2n) is 6.95. The normalized spacial score (nSPS) is 10.9. The number of hydrogen-bond donors (Lipinski definition) is 1. The third kappa shape index (κ3) is 4.03. The Morgan fingerprint density at radius 3 is 2.33 bits per heavy atom. The van der Waals surface area contributed by atoms with Crippen LogP contribution in [0.1, 0.15) is 35.5 Å². The Labute approximate surface area is 160 Å². The number of methoxy groups -OCH3 is 1. The fourth-order valence-corrected chi connectivity index (χ4v) is 2.84. The van der Waals surface area contributed by atoms with Gasteiger partial charge in [0, 0.05) is 11.6 Å². The van der Waals surface area contributed by atoms with Crippen LogP contribution < -0.4 is 10.1 Å². The van der Waals surface area contributed by atoms with Gasteiger partial charge in [0.05, 0.1) is 18.5 Å². The minimum absolute atomic E-state index is 0.0433. The quantitative estimate of drug-likeness (QED) is 0.735. The summed E-state index contributed by atoms with van der Waals surface area (Å²) in [5.74, 6) is 0.608. The summed E-state index contributed by atoms with van der Waals surface area (Å²) in [6.45, 7) is 8.04. The van der Waals surface area contributed by atoms with Crippen LogP contribution in [0, 0.1) is 13.8 Å². The Balaban J connectivity index is 2.09. The zero-order chi connectivity index (χ0) is 19.6. The summed E-state index contributed by atoms with van der Waals surface area (Å²) in [5.41, 5.74) is 5.49. The van der Waals surface area contributed by atoms with Crippen molar-refractivity contribution < 1.29 is 9.53 Å². The number of ether oxygens (including phenoxy) is 1. The molecule has 5 heteroatoms. The molecular weight excluding hydrogens is 338 g/mol. The van der Waals surface area contributed by atoms with Gasteiger partial charge in [0.25, 0.3) is 5.91 Å². The standard InChI is InChI=1S/C22H25N3O2/c1-14(2)23-22(26)21-13-20(17-7-6-15(3)16(4)12-17)24-25(21)18-8-10-19(27-5)11-9-18/h6-14H,1-5H3,(H,23,26). The maximum atomic E-state index is 12.7. The minimum atomic E-state index is -0.150. The number of carbonyl (C=O) groups is 1. The lowest BCUT2D eigenvalue weighted by molar-refractivity contribution is 0.0935. The molecule has 0 saturated carbocycles. The van der Waals surface area contributed by atoms with Crippen LogP contribution >= 0.6 is 0 Å². The number of nitrogens with zero attached hydrogens (tertiary/aromatic N) is 2. The monoisotopic (exact) mass is 363 g/mol. The van der Waals surface area contributed by atoms with E-state index in [0.717, 1.165) is 22.7 Å². The number of carbonyl (C=O) groups excluding carboxylic acids is 1. The second kappa shape index (κ2) is 7.66. The van der Waals surface area contributed by atoms with Gasteiger partial charge in [-0.3, -0.25) is 4.79 Å². The van der Waals surface area contributed by atoms with Gasteiger partial charge >= 0.3 is 0 Å². The molecule has 3 aromatic rings. The zero-order valence-corrected chi connectivity index (χ0v) is 16.4. The largest absolute Gasteiger partial charge is 0.497 e. The minimum Gasteiger partial charge on any atom is -0.497 e. The highest BCUT2D eigenvalue weighted by Crippen LogP contribution is 2.25. The molecule has 0 saturated heterocycles. The van der Waals surface area contributed by atoms with Gasteiger partial charge in [-0.15, -0.1) is 0 Å². The van der Waals surface area contributed by atoms with Crippen molar-refractivity contribution in [3.8, 4) is 22.7 Å². The molecule has 0 aliphatic heterocycles. The van der Waals surface area contributed by atoms with Gasteiger partial charge in [-0.1, -0.05) is 12.1 Å². The molecule has 1 amide bonds. The summed E-state index contributed by atoms with van der Waals surface area (Å²) in [4.78, 5) is 12.7. The van der Waals surface area contributed by atoms with E-state index in [-0.39, 0.29) is 11.9 Å². The number of benzene rings is 2. The predicted octanol–water partition coefficient (Wildman–Crippen LogP) is 4.30. The first kappa shape index (κ1) is 18.7. The molecule has 5 nitrogen and oxygen atoms in total. The molecular formula is C22H25N3O2. The summed E-state index contributed by atoms with van der Waals surface area (Å²) in [5, 5.41) is 7.67. The van der Waals surface area contributed by atoms with E-state index >= 15 is 0 Å². The number of hydrogen-bond acceptors (Lipinski definition) is 3. The fourth-order valence-electron chi connectivity index (χ4n) is 2.84. The predicted molar refractivity (Wildman–Crippen MR) is 108 cm³/mol. The molecule has 1 heterocycles. The highest BCUT2D eigenvalue weighted by molar-refractivity contribution is 5.94. The molecule has 0 fully saturated rings. The maximum Gasteiger partial charge on any atom is 0.270 e. The lowest BCUT2D eigenvalue weighted by Gasteiger charge is -2.10. The summed E-state index contributed by atoms with van der Waals surface area (Å²) in [6.07, 6.45) is 0. The smallest absolute Gasteiger partial charge is 0.270 e. The van der Waals surface area contributed by atoms with Crippen molar-refractivity contribution in [2.45, 2.75) is 33.7 Å². The molecule has 3 rings (SSSR count). The lowest BCUT2D eigenvalue weighted by Crippen LogP contribution is -2.31. The van der Waals surface area contributed by atoms with Crippen LogP contribution in [0.3, 0.4) is 0 Å². The highest BCUT2D eigenvalue weighted by Gasteiger charge is 2.18. The van der Waals surface area contributed by atoms with Crippen LogP contribution in [-0.2, 0) is 0 Å². The lowest BCUT2D eigenvalue weighted by atomic mass is 10.0. The zero-order valence-electron chi connectivity index (χ0n) is 16.4. The molecule has 0 atom stereocenters. The van der Waals surface area contributed by atoms with E-state index in [1.165, 1.54) is 11.1 Å². The van der Waals surface area contributed by atoms with Crippen LogP contribution in [0.15, 0.2) is 48.5 Å². The first-order chi connectivity index (χ1) is 12.9. The summed E-state index contributed by atoms with van der Waals surface area (Å²) >= 11 is 0. The number of amides is 1. The van der Waals surface area contributed by atoms with Gasteiger partial charge in [-0.25, -0.2) is 4.68 Å². The maximum absolute atomic E-state index is 12.7. The molecule has 1 aromatic heterocycles. The molecule has 1 N–H and O–H groups in total. The van der Waals surface area contributed by atoms with E-state index in [2.05, 4.69) is 31.3 Å². The van der Waals surface area contributed by atoms with Gasteiger partial charge in [0.2, 0.25) is 0 Å². The van der Waals surface area contributed by atoms with Gasteiger partial charge in [0.15, 0.2) is 0 Å². The van der Waals surface area contributed by atoms with Gasteiger partial charge in [0.1, 0.15) is 11.4 Å². The van der Waals surface area contributed by atoms with Crippen LogP contribution in [0.25, 0.3) is 16.9 Å². The van der Waals surface area contributed by atoms with E-state index in [9.17, 15) is 4.79 Å². The average Bonchev–Trinajstić information content (AvgIpc) is 3.09. The van der Waals surface area contributed by atoms with E-state index in [1.807, 2.05) is 50.2 Å². The Bertz CT molecular complexity index is 956. The molecule has 0 unspecified atom stereocenters. The van der Waals surface area contributed by atoms with Crippen molar-refractivity contribution in [1.29, 1.82) is 0 Å². The van der Waals surface area contributed by atoms with Gasteiger partial charge < -0.3 is 10.1 Å². The average molecular weight is 363 g/mol. The highest BCUT2D eigenvalue weighted by atomic mass is 16.5. The van der Waals surface area contributed by atoms with Crippen molar-refractivity contribution in [3.63, 3.8) is 0 Å². The Morgan fingerprint density at radius 1 is 1.04 bits per heavy atom. The summed E-state index contributed by atoms with van der Waals surface area (Å²) in [7, 11) is 1.63. The first-order valence-corrected chi connectivity index (χ1v) is 9.02. The first-order valence-electron chi connectivity index (χ1n) is 9.02. The molecule has 2 aromatic carbocycles. The number of rotatable bonds is 5. The van der Waals surface area contributed by atoms with E-state index < -0.39 is 0 Å². The SMILES string of the molecule is COc1ccc(-n2nc(-c3ccc(C)c(C)c3)cc2C(=O)NC(C)C)cc1. The number of aryl methyl sites for hydroxylation is 2. The van der Waals surface area contributed by atoms with Crippen LogP contribution in [-0.4, -0.2) is 28.8 Å². The Kier molecular flexibility index (Phi) is 5.31. The van der Waals surface area contributed by atoms with Gasteiger partial charge in [-0.05, 0) is 75.2 Å². The van der Waals surface area contributed by atoms with Crippen molar-refractivity contribution in [3.05, 3.63) is 65.4 Å². The van der Waals surface area contributed by atoms with Crippen molar-refractivity contribution in [1.82, 2.24) is 15.1 Å². The fraction of sp³-hybridized carbons (Fsp3) is 0.273. The van der Waals surface area contributed by atoms with Crippen molar-refractivity contribution in [2.24, 2.45) is 0 Å². The van der Waals surface area contributed by atoms with Crippen LogP contribution in [0.5, 0.6) is 5.75 Å². The topological polar surface area (TPSA) is 56.2 Å². The summed E-state index contributed by atoms with van der Waals surface area (Å²) < 4.78 is 6.91. The Hall–Kier alpha value is -3.08. The molecule has 0 bridgehead atoms. The molecule has 0 aliphatic rings.